The van der Waals surface area contributed by atoms with Gasteiger partial charge in [-0.25, -0.2) is 0 Å². The van der Waals surface area contributed by atoms with E-state index in [0.29, 0.717) is 6.61 Å². The molecule has 0 heterocycles. The molecule has 0 spiro atoms. The highest BCUT2D eigenvalue weighted by molar-refractivity contribution is 7.98. The van der Waals surface area contributed by atoms with E-state index in [1.165, 1.54) is 0 Å². The van der Waals surface area contributed by atoms with Gasteiger partial charge in [0, 0.05) is 5.56 Å². The molecular formula is C13H20O2S. The van der Waals surface area contributed by atoms with E-state index in [-0.39, 0.29) is 0 Å². The van der Waals surface area contributed by atoms with Crippen LogP contribution >= 0.6 is 11.8 Å². The minimum absolute atomic E-state index is 0.476. The molecule has 0 aliphatic carbocycles. The Kier molecular flexibility index (Phi) is 5.71. The number of ether oxygens (including phenoxy) is 1. The number of aliphatic hydroxyl groups is 1. The summed E-state index contributed by atoms with van der Waals surface area (Å²) in [5.41, 5.74) is 2.02. The van der Waals surface area contributed by atoms with Crippen molar-refractivity contribution in [3.05, 3.63) is 29.3 Å². The Morgan fingerprint density at radius 1 is 1.44 bits per heavy atom. The van der Waals surface area contributed by atoms with Gasteiger partial charge in [0.15, 0.2) is 0 Å². The molecule has 0 amide bonds. The van der Waals surface area contributed by atoms with E-state index in [0.717, 1.165) is 29.1 Å². The lowest BCUT2D eigenvalue weighted by atomic mass is 10.1. The van der Waals surface area contributed by atoms with E-state index in [9.17, 15) is 5.11 Å². The van der Waals surface area contributed by atoms with Gasteiger partial charge < -0.3 is 9.84 Å². The van der Waals surface area contributed by atoms with Crippen molar-refractivity contribution in [2.24, 2.45) is 0 Å². The van der Waals surface area contributed by atoms with Crippen LogP contribution in [0.1, 0.15) is 30.6 Å². The van der Waals surface area contributed by atoms with Crippen molar-refractivity contribution in [1.82, 2.24) is 0 Å². The van der Waals surface area contributed by atoms with Crippen molar-refractivity contribution in [3.8, 4) is 5.75 Å². The standard InChI is InChI=1S/C13H20O2S/c1-10-5-6-13(12(9-10)11(2)14)15-7-4-8-16-3/h5-6,9,11,14H,4,7-8H2,1-3H3/t11-/m1/s1. The molecule has 1 rings (SSSR count). The molecule has 0 aromatic heterocycles. The maximum Gasteiger partial charge on any atom is 0.125 e. The average Bonchev–Trinajstić information content (AvgIpc) is 2.26. The Balaban J connectivity index is 2.64. The molecular weight excluding hydrogens is 220 g/mol. The smallest absolute Gasteiger partial charge is 0.125 e. The van der Waals surface area contributed by atoms with Crippen LogP contribution in [0.3, 0.4) is 0 Å². The lowest BCUT2D eigenvalue weighted by molar-refractivity contribution is 0.191. The number of aryl methyl sites for hydroxylation is 1. The first-order valence-electron chi connectivity index (χ1n) is 5.55. The molecule has 2 nitrogen and oxygen atoms in total. The molecule has 1 atom stereocenters. The second-order valence-corrected chi connectivity index (χ2v) is 4.90. The number of hydrogen-bond acceptors (Lipinski definition) is 3. The minimum Gasteiger partial charge on any atom is -0.493 e. The Morgan fingerprint density at radius 3 is 2.81 bits per heavy atom. The van der Waals surface area contributed by atoms with Crippen molar-refractivity contribution in [2.75, 3.05) is 18.6 Å². The fourth-order valence-corrected chi connectivity index (χ4v) is 1.92. The van der Waals surface area contributed by atoms with Gasteiger partial charge in [-0.15, -0.1) is 0 Å². The number of thioether (sulfide) groups is 1. The second-order valence-electron chi connectivity index (χ2n) is 3.91. The summed E-state index contributed by atoms with van der Waals surface area (Å²) in [5, 5.41) is 9.65. The molecule has 1 aromatic rings. The Hall–Kier alpha value is -0.670. The third-order valence-corrected chi connectivity index (χ3v) is 3.06. The van der Waals surface area contributed by atoms with Crippen LogP contribution in [0.25, 0.3) is 0 Å². The quantitative estimate of drug-likeness (QED) is 0.774. The molecule has 3 heteroatoms. The summed E-state index contributed by atoms with van der Waals surface area (Å²) >= 11 is 1.82. The molecule has 0 saturated heterocycles. The predicted molar refractivity (Wildman–Crippen MR) is 70.3 cm³/mol. The normalized spacial score (nSPS) is 12.5. The highest BCUT2D eigenvalue weighted by atomic mass is 32.2. The molecule has 0 aliphatic heterocycles. The van der Waals surface area contributed by atoms with Gasteiger partial charge in [0.25, 0.3) is 0 Å². The molecule has 1 N–H and O–H groups in total. The van der Waals surface area contributed by atoms with Gasteiger partial charge in [-0.05, 0) is 44.4 Å². The molecule has 0 bridgehead atoms. The molecule has 90 valence electrons. The van der Waals surface area contributed by atoms with Crippen LogP contribution in [-0.4, -0.2) is 23.7 Å². The zero-order valence-electron chi connectivity index (χ0n) is 10.2. The highest BCUT2D eigenvalue weighted by Crippen LogP contribution is 2.26. The largest absolute Gasteiger partial charge is 0.493 e. The van der Waals surface area contributed by atoms with Gasteiger partial charge in [0.2, 0.25) is 0 Å². The molecule has 0 fully saturated rings. The molecule has 0 saturated carbocycles. The lowest BCUT2D eigenvalue weighted by Gasteiger charge is -2.14. The maximum atomic E-state index is 9.65. The van der Waals surface area contributed by atoms with E-state index >= 15 is 0 Å². The van der Waals surface area contributed by atoms with Crippen LogP contribution in [0.5, 0.6) is 5.75 Å². The first-order valence-corrected chi connectivity index (χ1v) is 6.95. The summed E-state index contributed by atoms with van der Waals surface area (Å²) < 4.78 is 5.68. The Morgan fingerprint density at radius 2 is 2.19 bits per heavy atom. The van der Waals surface area contributed by atoms with E-state index in [2.05, 4.69) is 6.26 Å². The maximum absolute atomic E-state index is 9.65. The molecule has 16 heavy (non-hydrogen) atoms. The van der Waals surface area contributed by atoms with E-state index in [1.54, 1.807) is 6.92 Å². The number of rotatable bonds is 6. The predicted octanol–water partition coefficient (Wildman–Crippen LogP) is 3.18. The van der Waals surface area contributed by atoms with Gasteiger partial charge in [0.05, 0.1) is 12.7 Å². The number of aliphatic hydroxyl groups excluding tert-OH is 1. The van der Waals surface area contributed by atoms with Crippen LogP contribution in [0.2, 0.25) is 0 Å². The molecule has 1 aromatic carbocycles. The van der Waals surface area contributed by atoms with Crippen molar-refractivity contribution < 1.29 is 9.84 Å². The van der Waals surface area contributed by atoms with Gasteiger partial charge in [-0.1, -0.05) is 11.6 Å². The molecule has 0 unspecified atom stereocenters. The van der Waals surface area contributed by atoms with Gasteiger partial charge in [-0.3, -0.25) is 0 Å². The summed E-state index contributed by atoms with van der Waals surface area (Å²) in [5.74, 6) is 1.91. The van der Waals surface area contributed by atoms with E-state index in [1.807, 2.05) is 36.9 Å². The Labute approximate surface area is 102 Å². The van der Waals surface area contributed by atoms with Crippen LogP contribution < -0.4 is 4.74 Å². The first kappa shape index (κ1) is 13.4. The SMILES string of the molecule is CSCCCOc1ccc(C)cc1[C@@H](C)O. The Bertz CT molecular complexity index is 324. The average molecular weight is 240 g/mol. The fraction of sp³-hybridized carbons (Fsp3) is 0.538. The monoisotopic (exact) mass is 240 g/mol. The van der Waals surface area contributed by atoms with Crippen molar-refractivity contribution in [2.45, 2.75) is 26.4 Å². The first-order chi connectivity index (χ1) is 7.65. The molecule has 0 aliphatic rings. The fourth-order valence-electron chi connectivity index (χ4n) is 1.51. The van der Waals surface area contributed by atoms with Crippen LogP contribution in [0.15, 0.2) is 18.2 Å². The zero-order chi connectivity index (χ0) is 12.0. The number of benzene rings is 1. The van der Waals surface area contributed by atoms with Crippen molar-refractivity contribution >= 4 is 11.8 Å². The molecule has 0 radical (unpaired) electrons. The third-order valence-electron chi connectivity index (χ3n) is 2.37. The lowest BCUT2D eigenvalue weighted by Crippen LogP contribution is -2.03. The third kappa shape index (κ3) is 4.06. The van der Waals surface area contributed by atoms with Crippen LogP contribution in [-0.2, 0) is 0 Å². The summed E-state index contributed by atoms with van der Waals surface area (Å²) in [6.45, 7) is 4.50. The van der Waals surface area contributed by atoms with Crippen molar-refractivity contribution in [1.29, 1.82) is 0 Å². The van der Waals surface area contributed by atoms with Gasteiger partial charge in [0.1, 0.15) is 5.75 Å². The van der Waals surface area contributed by atoms with Gasteiger partial charge in [-0.2, -0.15) is 11.8 Å². The van der Waals surface area contributed by atoms with Crippen LogP contribution in [0, 0.1) is 6.92 Å². The van der Waals surface area contributed by atoms with E-state index in [4.69, 9.17) is 4.74 Å². The topological polar surface area (TPSA) is 29.5 Å². The highest BCUT2D eigenvalue weighted by Gasteiger charge is 2.09. The van der Waals surface area contributed by atoms with Gasteiger partial charge >= 0.3 is 0 Å². The summed E-state index contributed by atoms with van der Waals surface area (Å²) in [4.78, 5) is 0. The summed E-state index contributed by atoms with van der Waals surface area (Å²) in [6.07, 6.45) is 2.65. The van der Waals surface area contributed by atoms with Crippen LogP contribution in [0.4, 0.5) is 0 Å². The van der Waals surface area contributed by atoms with Crippen molar-refractivity contribution in [3.63, 3.8) is 0 Å². The minimum atomic E-state index is -0.476. The zero-order valence-corrected chi connectivity index (χ0v) is 11.0. The summed E-state index contributed by atoms with van der Waals surface area (Å²) in [7, 11) is 0. The number of hydrogen-bond donors (Lipinski definition) is 1. The summed E-state index contributed by atoms with van der Waals surface area (Å²) in [6, 6.07) is 5.93. The second kappa shape index (κ2) is 6.81. The van der Waals surface area contributed by atoms with E-state index < -0.39 is 6.10 Å².